The topological polar surface area (TPSA) is 50.7 Å². The van der Waals surface area contributed by atoms with Gasteiger partial charge in [0.25, 0.3) is 0 Å². The molecule has 0 unspecified atom stereocenters. The minimum atomic E-state index is 0.643. The van der Waals surface area contributed by atoms with E-state index < -0.39 is 0 Å². The van der Waals surface area contributed by atoms with Crippen molar-refractivity contribution in [1.29, 1.82) is 0 Å². The van der Waals surface area contributed by atoms with Gasteiger partial charge in [-0.25, -0.2) is 0 Å². The molecular weight excluding hydrogens is 258 g/mol. The van der Waals surface area contributed by atoms with E-state index in [2.05, 4.69) is 35.4 Å². The molecule has 104 valence electrons. The van der Waals surface area contributed by atoms with Gasteiger partial charge in [0, 0.05) is 5.39 Å². The summed E-state index contributed by atoms with van der Waals surface area (Å²) < 4.78 is 0. The second-order valence-corrected chi connectivity index (χ2v) is 5.26. The molecule has 0 atom stereocenters. The largest absolute Gasteiger partial charge is 0.397 e. The van der Waals surface area contributed by atoms with Gasteiger partial charge >= 0.3 is 0 Å². The van der Waals surface area contributed by atoms with Crippen molar-refractivity contribution in [3.63, 3.8) is 0 Å². The number of benzene rings is 3. The van der Waals surface area contributed by atoms with Crippen molar-refractivity contribution in [3.05, 3.63) is 65.7 Å². The highest BCUT2D eigenvalue weighted by Crippen LogP contribution is 2.34. The Labute approximate surface area is 124 Å². The fourth-order valence-corrected chi connectivity index (χ4v) is 2.27. The van der Waals surface area contributed by atoms with Crippen LogP contribution in [-0.4, -0.2) is 0 Å². The molecule has 3 aromatic rings. The lowest BCUT2D eigenvalue weighted by Crippen LogP contribution is -1.86. The molecule has 0 radical (unpaired) electrons. The van der Waals surface area contributed by atoms with Crippen molar-refractivity contribution in [3.8, 4) is 0 Å². The Kier molecular flexibility index (Phi) is 3.40. The molecule has 0 fully saturated rings. The van der Waals surface area contributed by atoms with Gasteiger partial charge in [0.2, 0.25) is 0 Å². The lowest BCUT2D eigenvalue weighted by molar-refractivity contribution is 1.24. The number of hydrogen-bond acceptors (Lipinski definition) is 3. The van der Waals surface area contributed by atoms with Gasteiger partial charge in [-0.05, 0) is 43.5 Å². The lowest BCUT2D eigenvalue weighted by Gasteiger charge is -2.06. The Morgan fingerprint density at radius 3 is 2.19 bits per heavy atom. The molecule has 2 N–H and O–H groups in total. The van der Waals surface area contributed by atoms with Crippen LogP contribution >= 0.6 is 0 Å². The van der Waals surface area contributed by atoms with E-state index in [1.54, 1.807) is 0 Å². The zero-order chi connectivity index (χ0) is 14.8. The average Bonchev–Trinajstić information content (AvgIpc) is 2.48. The van der Waals surface area contributed by atoms with E-state index in [1.165, 1.54) is 11.1 Å². The van der Waals surface area contributed by atoms with Crippen molar-refractivity contribution >= 4 is 27.8 Å². The van der Waals surface area contributed by atoms with E-state index in [9.17, 15) is 0 Å². The summed E-state index contributed by atoms with van der Waals surface area (Å²) in [5.74, 6) is 0. The van der Waals surface area contributed by atoms with E-state index >= 15 is 0 Å². The first-order valence-corrected chi connectivity index (χ1v) is 6.91. The van der Waals surface area contributed by atoms with Crippen molar-refractivity contribution in [1.82, 2.24) is 0 Å². The molecule has 0 aliphatic rings. The Bertz CT molecular complexity index is 812. The van der Waals surface area contributed by atoms with Gasteiger partial charge < -0.3 is 5.73 Å². The molecule has 3 heteroatoms. The van der Waals surface area contributed by atoms with Gasteiger partial charge in [-0.3, -0.25) is 0 Å². The van der Waals surface area contributed by atoms with Crippen molar-refractivity contribution in [2.45, 2.75) is 13.8 Å². The maximum atomic E-state index is 6.07. The Morgan fingerprint density at radius 1 is 0.762 bits per heavy atom. The van der Waals surface area contributed by atoms with E-state index in [4.69, 9.17) is 5.73 Å². The zero-order valence-corrected chi connectivity index (χ0v) is 12.2. The van der Waals surface area contributed by atoms with Crippen LogP contribution in [0, 0.1) is 13.8 Å². The second-order valence-electron chi connectivity index (χ2n) is 5.26. The average molecular weight is 275 g/mol. The molecule has 0 aliphatic carbocycles. The van der Waals surface area contributed by atoms with Crippen LogP contribution in [0.15, 0.2) is 64.8 Å². The van der Waals surface area contributed by atoms with Gasteiger partial charge in [-0.2, -0.15) is 5.11 Å². The maximum absolute atomic E-state index is 6.07. The van der Waals surface area contributed by atoms with E-state index in [1.807, 2.05) is 43.3 Å². The van der Waals surface area contributed by atoms with Crippen LogP contribution in [0.25, 0.3) is 10.8 Å². The molecular formula is C18H17N3. The number of nitrogens with two attached hydrogens (primary N) is 1. The third-order valence-corrected chi connectivity index (χ3v) is 3.48. The summed E-state index contributed by atoms with van der Waals surface area (Å²) in [7, 11) is 0. The molecule has 0 amide bonds. The molecule has 21 heavy (non-hydrogen) atoms. The predicted molar refractivity (Wildman–Crippen MR) is 88.5 cm³/mol. The predicted octanol–water partition coefficient (Wildman–Crippen LogP) is 5.45. The minimum Gasteiger partial charge on any atom is -0.397 e. The summed E-state index contributed by atoms with van der Waals surface area (Å²) in [5, 5.41) is 10.8. The normalized spacial score (nSPS) is 11.3. The van der Waals surface area contributed by atoms with Gasteiger partial charge in [0.1, 0.15) is 5.69 Å². The summed E-state index contributed by atoms with van der Waals surface area (Å²) in [6.07, 6.45) is 0. The van der Waals surface area contributed by atoms with Crippen LogP contribution in [0.2, 0.25) is 0 Å². The Morgan fingerprint density at radius 2 is 1.43 bits per heavy atom. The number of aryl methyl sites for hydroxylation is 2. The second kappa shape index (κ2) is 5.37. The summed E-state index contributed by atoms with van der Waals surface area (Å²) >= 11 is 0. The van der Waals surface area contributed by atoms with Crippen LogP contribution in [0.4, 0.5) is 17.1 Å². The maximum Gasteiger partial charge on any atom is 0.116 e. The first kappa shape index (κ1) is 13.3. The van der Waals surface area contributed by atoms with E-state index in [0.717, 1.165) is 22.1 Å². The molecule has 0 spiro atoms. The number of rotatable bonds is 2. The number of nitrogens with zero attached hydrogens (tertiary/aromatic N) is 2. The number of hydrogen-bond donors (Lipinski definition) is 1. The number of anilines is 1. The minimum absolute atomic E-state index is 0.643. The molecule has 0 aliphatic heterocycles. The van der Waals surface area contributed by atoms with Gasteiger partial charge in [-0.1, -0.05) is 41.5 Å². The molecule has 3 aromatic carbocycles. The molecule has 0 aromatic heterocycles. The summed E-state index contributed by atoms with van der Waals surface area (Å²) in [6.45, 7) is 4.11. The van der Waals surface area contributed by atoms with Gasteiger partial charge in [0.15, 0.2) is 0 Å². The van der Waals surface area contributed by atoms with Crippen LogP contribution in [0.3, 0.4) is 0 Å². The quantitative estimate of drug-likeness (QED) is 0.490. The smallest absolute Gasteiger partial charge is 0.116 e. The molecule has 0 heterocycles. The Hall–Kier alpha value is -2.68. The fraction of sp³-hybridized carbons (Fsp3) is 0.111. The van der Waals surface area contributed by atoms with E-state index in [-0.39, 0.29) is 0 Å². The first-order valence-electron chi connectivity index (χ1n) is 6.91. The highest BCUT2D eigenvalue weighted by atomic mass is 15.1. The Balaban J connectivity index is 2.09. The van der Waals surface area contributed by atoms with Crippen molar-refractivity contribution in [2.24, 2.45) is 10.2 Å². The third kappa shape index (κ3) is 2.77. The third-order valence-electron chi connectivity index (χ3n) is 3.48. The number of azo groups is 1. The molecule has 0 saturated heterocycles. The van der Waals surface area contributed by atoms with Crippen LogP contribution < -0.4 is 5.73 Å². The summed E-state index contributed by atoms with van der Waals surface area (Å²) in [5.41, 5.74) is 10.7. The molecule has 3 nitrogen and oxygen atoms in total. The first-order chi connectivity index (χ1) is 10.1. The zero-order valence-electron chi connectivity index (χ0n) is 12.2. The van der Waals surface area contributed by atoms with Crippen LogP contribution in [-0.2, 0) is 0 Å². The van der Waals surface area contributed by atoms with Crippen molar-refractivity contribution in [2.75, 3.05) is 5.73 Å². The van der Waals surface area contributed by atoms with Gasteiger partial charge in [-0.15, -0.1) is 5.11 Å². The summed E-state index contributed by atoms with van der Waals surface area (Å²) in [4.78, 5) is 0. The molecule has 3 rings (SSSR count). The standard InChI is InChI=1S/C18H17N3/c1-12-4-8-15(9-5-12)20-21-18-16-11-13(2)3-6-14(16)7-10-17(18)19/h3-11H,19H2,1-2H3. The van der Waals surface area contributed by atoms with Gasteiger partial charge in [0.05, 0.1) is 11.4 Å². The fourth-order valence-electron chi connectivity index (χ4n) is 2.27. The SMILES string of the molecule is Cc1ccc(N=Nc2c(N)ccc3ccc(C)cc23)cc1. The van der Waals surface area contributed by atoms with Crippen LogP contribution in [0.5, 0.6) is 0 Å². The highest BCUT2D eigenvalue weighted by molar-refractivity contribution is 5.98. The number of fused-ring (bicyclic) bond motifs is 1. The highest BCUT2D eigenvalue weighted by Gasteiger charge is 2.05. The lowest BCUT2D eigenvalue weighted by atomic mass is 10.1. The number of nitrogen functional groups attached to an aromatic ring is 1. The summed E-state index contributed by atoms with van der Waals surface area (Å²) in [6, 6.07) is 18.1. The monoisotopic (exact) mass is 275 g/mol. The van der Waals surface area contributed by atoms with Crippen LogP contribution in [0.1, 0.15) is 11.1 Å². The molecule has 0 bridgehead atoms. The molecule has 0 saturated carbocycles. The van der Waals surface area contributed by atoms with Crippen molar-refractivity contribution < 1.29 is 0 Å². The van der Waals surface area contributed by atoms with E-state index in [0.29, 0.717) is 5.69 Å².